The molecule has 0 amide bonds. The van der Waals surface area contributed by atoms with E-state index in [-0.39, 0.29) is 11.9 Å². The zero-order chi connectivity index (χ0) is 16.2. The van der Waals surface area contributed by atoms with Crippen LogP contribution in [-0.2, 0) is 13.6 Å². The van der Waals surface area contributed by atoms with Gasteiger partial charge in [0, 0.05) is 32.9 Å². The maximum absolute atomic E-state index is 13.0. The topological polar surface area (TPSA) is 50.5 Å². The van der Waals surface area contributed by atoms with Crippen molar-refractivity contribution in [3.05, 3.63) is 48.0 Å². The van der Waals surface area contributed by atoms with Gasteiger partial charge in [-0.3, -0.25) is 9.58 Å². The van der Waals surface area contributed by atoms with Crippen molar-refractivity contribution in [1.82, 2.24) is 14.7 Å². The highest BCUT2D eigenvalue weighted by molar-refractivity contribution is 5.22. The standard InChI is InChI=1S/C17H22FN3O2/c1-20-14(6-9-19-20)12-21-10-7-16(22)17(8-11-21)23-15-4-2-13(18)3-5-15/h2-6,9,16-17,22H,7-8,10-12H2,1H3/t16-,17-/m0/s1. The average Bonchev–Trinajstić information content (AvgIpc) is 2.86. The van der Waals surface area contributed by atoms with Gasteiger partial charge in [-0.1, -0.05) is 0 Å². The van der Waals surface area contributed by atoms with Crippen LogP contribution in [0.15, 0.2) is 36.5 Å². The predicted octanol–water partition coefficient (Wildman–Crippen LogP) is 1.96. The van der Waals surface area contributed by atoms with E-state index in [0.29, 0.717) is 12.2 Å². The first-order chi connectivity index (χ1) is 11.1. The smallest absolute Gasteiger partial charge is 0.126 e. The van der Waals surface area contributed by atoms with Gasteiger partial charge < -0.3 is 9.84 Å². The Kier molecular flexibility index (Phi) is 4.93. The molecule has 2 heterocycles. The lowest BCUT2D eigenvalue weighted by molar-refractivity contribution is 0.0349. The van der Waals surface area contributed by atoms with Crippen LogP contribution in [0, 0.1) is 5.82 Å². The van der Waals surface area contributed by atoms with Gasteiger partial charge >= 0.3 is 0 Å². The van der Waals surface area contributed by atoms with E-state index in [9.17, 15) is 9.50 Å². The summed E-state index contributed by atoms with van der Waals surface area (Å²) < 4.78 is 20.7. The molecule has 0 saturated carbocycles. The molecule has 1 aliphatic rings. The maximum Gasteiger partial charge on any atom is 0.126 e. The van der Waals surface area contributed by atoms with Crippen LogP contribution >= 0.6 is 0 Å². The number of hydrogen-bond donors (Lipinski definition) is 1. The number of benzene rings is 1. The Bertz CT molecular complexity index is 629. The predicted molar refractivity (Wildman–Crippen MR) is 84.5 cm³/mol. The summed E-state index contributed by atoms with van der Waals surface area (Å²) >= 11 is 0. The molecule has 1 N–H and O–H groups in total. The van der Waals surface area contributed by atoms with Crippen LogP contribution < -0.4 is 4.74 Å². The van der Waals surface area contributed by atoms with Crippen LogP contribution in [0.2, 0.25) is 0 Å². The quantitative estimate of drug-likeness (QED) is 0.936. The average molecular weight is 319 g/mol. The molecule has 3 rings (SSSR count). The fourth-order valence-corrected chi connectivity index (χ4v) is 2.88. The van der Waals surface area contributed by atoms with Crippen molar-refractivity contribution in [2.75, 3.05) is 13.1 Å². The van der Waals surface area contributed by atoms with E-state index in [1.165, 1.54) is 12.1 Å². The summed E-state index contributed by atoms with van der Waals surface area (Å²) in [6, 6.07) is 7.94. The molecule has 1 aromatic carbocycles. The lowest BCUT2D eigenvalue weighted by Crippen LogP contribution is -2.31. The van der Waals surface area contributed by atoms with Gasteiger partial charge in [0.25, 0.3) is 0 Å². The molecule has 6 heteroatoms. The molecule has 124 valence electrons. The summed E-state index contributed by atoms with van der Waals surface area (Å²) in [6.07, 6.45) is 2.40. The van der Waals surface area contributed by atoms with Gasteiger partial charge in [0.1, 0.15) is 17.7 Å². The molecule has 1 aliphatic heterocycles. The number of ether oxygens (including phenoxy) is 1. The van der Waals surface area contributed by atoms with Gasteiger partial charge in [-0.25, -0.2) is 4.39 Å². The Hall–Kier alpha value is -1.92. The molecule has 0 radical (unpaired) electrons. The van der Waals surface area contributed by atoms with E-state index < -0.39 is 6.10 Å². The molecule has 0 spiro atoms. The summed E-state index contributed by atoms with van der Waals surface area (Å²) in [7, 11) is 1.93. The summed E-state index contributed by atoms with van der Waals surface area (Å²) in [5, 5.41) is 14.5. The van der Waals surface area contributed by atoms with Gasteiger partial charge in [0.15, 0.2) is 0 Å². The van der Waals surface area contributed by atoms with Crippen LogP contribution in [0.25, 0.3) is 0 Å². The van der Waals surface area contributed by atoms with Gasteiger partial charge in [-0.15, -0.1) is 0 Å². The lowest BCUT2D eigenvalue weighted by Gasteiger charge is -2.21. The molecule has 1 aromatic heterocycles. The summed E-state index contributed by atoms with van der Waals surface area (Å²) in [6.45, 7) is 2.47. The minimum absolute atomic E-state index is 0.267. The third-order valence-corrected chi connectivity index (χ3v) is 4.31. The van der Waals surface area contributed by atoms with E-state index in [0.717, 1.165) is 31.7 Å². The van der Waals surface area contributed by atoms with Crippen molar-refractivity contribution < 1.29 is 14.2 Å². The normalized spacial score (nSPS) is 22.7. The second-order valence-corrected chi connectivity index (χ2v) is 5.98. The van der Waals surface area contributed by atoms with E-state index in [1.54, 1.807) is 18.3 Å². The Balaban J connectivity index is 1.59. The molecule has 23 heavy (non-hydrogen) atoms. The number of hydrogen-bond acceptors (Lipinski definition) is 4. The molecule has 1 saturated heterocycles. The molecular formula is C17H22FN3O2. The van der Waals surface area contributed by atoms with Crippen LogP contribution in [0.1, 0.15) is 18.5 Å². The number of rotatable bonds is 4. The monoisotopic (exact) mass is 319 g/mol. The Morgan fingerprint density at radius 3 is 2.65 bits per heavy atom. The van der Waals surface area contributed by atoms with Crippen molar-refractivity contribution in [1.29, 1.82) is 0 Å². The van der Waals surface area contributed by atoms with Gasteiger partial charge in [-0.2, -0.15) is 5.10 Å². The number of halogens is 1. The fourth-order valence-electron chi connectivity index (χ4n) is 2.88. The Labute approximate surface area is 135 Å². The second-order valence-electron chi connectivity index (χ2n) is 5.98. The van der Waals surface area contributed by atoms with E-state index in [1.807, 2.05) is 17.8 Å². The first kappa shape index (κ1) is 16.0. The Morgan fingerprint density at radius 2 is 1.96 bits per heavy atom. The second kappa shape index (κ2) is 7.10. The number of aryl methyl sites for hydroxylation is 1. The Morgan fingerprint density at radius 1 is 1.22 bits per heavy atom. The highest BCUT2D eigenvalue weighted by atomic mass is 19.1. The first-order valence-electron chi connectivity index (χ1n) is 7.91. The maximum atomic E-state index is 13.0. The van der Waals surface area contributed by atoms with Crippen LogP contribution in [0.5, 0.6) is 5.75 Å². The number of aromatic nitrogens is 2. The van der Waals surface area contributed by atoms with Crippen molar-refractivity contribution >= 4 is 0 Å². The van der Waals surface area contributed by atoms with Gasteiger partial charge in [0.2, 0.25) is 0 Å². The fraction of sp³-hybridized carbons (Fsp3) is 0.471. The SMILES string of the molecule is Cn1nccc1CN1CC[C@H](Oc2ccc(F)cc2)[C@@H](O)CC1. The lowest BCUT2D eigenvalue weighted by atomic mass is 10.1. The minimum atomic E-state index is -0.517. The number of nitrogens with zero attached hydrogens (tertiary/aromatic N) is 3. The van der Waals surface area contributed by atoms with Crippen molar-refractivity contribution in [3.63, 3.8) is 0 Å². The van der Waals surface area contributed by atoms with Crippen LogP contribution in [-0.4, -0.2) is 45.1 Å². The molecule has 2 atom stereocenters. The third kappa shape index (κ3) is 4.09. The number of aliphatic hydroxyl groups is 1. The van der Waals surface area contributed by atoms with Crippen LogP contribution in [0.4, 0.5) is 4.39 Å². The van der Waals surface area contributed by atoms with Crippen molar-refractivity contribution in [3.8, 4) is 5.75 Å². The molecular weight excluding hydrogens is 297 g/mol. The minimum Gasteiger partial charge on any atom is -0.488 e. The largest absolute Gasteiger partial charge is 0.488 e. The highest BCUT2D eigenvalue weighted by Crippen LogP contribution is 2.21. The van der Waals surface area contributed by atoms with Crippen molar-refractivity contribution in [2.45, 2.75) is 31.6 Å². The molecule has 1 fully saturated rings. The summed E-state index contributed by atoms with van der Waals surface area (Å²) in [4.78, 5) is 2.30. The molecule has 0 aliphatic carbocycles. The molecule has 5 nitrogen and oxygen atoms in total. The third-order valence-electron chi connectivity index (χ3n) is 4.31. The summed E-state index contributed by atoms with van der Waals surface area (Å²) in [5.41, 5.74) is 1.15. The summed E-state index contributed by atoms with van der Waals surface area (Å²) in [5.74, 6) is 0.302. The van der Waals surface area contributed by atoms with E-state index in [2.05, 4.69) is 10.00 Å². The first-order valence-corrected chi connectivity index (χ1v) is 7.91. The van der Waals surface area contributed by atoms with Crippen LogP contribution in [0.3, 0.4) is 0 Å². The zero-order valence-corrected chi connectivity index (χ0v) is 13.2. The number of likely N-dealkylation sites (tertiary alicyclic amines) is 1. The molecule has 0 bridgehead atoms. The molecule has 2 aromatic rings. The van der Waals surface area contributed by atoms with E-state index in [4.69, 9.17) is 4.74 Å². The zero-order valence-electron chi connectivity index (χ0n) is 13.2. The van der Waals surface area contributed by atoms with Gasteiger partial charge in [-0.05, 0) is 43.2 Å². The molecule has 0 unspecified atom stereocenters. The number of aliphatic hydroxyl groups excluding tert-OH is 1. The van der Waals surface area contributed by atoms with E-state index >= 15 is 0 Å². The van der Waals surface area contributed by atoms with Crippen molar-refractivity contribution in [2.24, 2.45) is 7.05 Å². The highest BCUT2D eigenvalue weighted by Gasteiger charge is 2.26. The van der Waals surface area contributed by atoms with Gasteiger partial charge in [0.05, 0.1) is 11.8 Å².